The van der Waals surface area contributed by atoms with Crippen LogP contribution in [0.1, 0.15) is 16.7 Å². The van der Waals surface area contributed by atoms with Crippen molar-refractivity contribution in [3.8, 4) is 11.5 Å². The van der Waals surface area contributed by atoms with Crippen molar-refractivity contribution in [3.63, 3.8) is 0 Å². The molecule has 0 atom stereocenters. The fourth-order valence-corrected chi connectivity index (χ4v) is 2.83. The lowest BCUT2D eigenvalue weighted by Crippen LogP contribution is -2.35. The minimum atomic E-state index is 0.0292. The van der Waals surface area contributed by atoms with E-state index in [2.05, 4.69) is 17.4 Å². The summed E-state index contributed by atoms with van der Waals surface area (Å²) in [6, 6.07) is 14.1. The number of likely N-dealkylation sites (N-methyl/N-ethyl adjacent to an activating group) is 1. The van der Waals surface area contributed by atoms with Crippen molar-refractivity contribution in [1.29, 1.82) is 0 Å². The largest absolute Gasteiger partial charge is 0.493 e. The van der Waals surface area contributed by atoms with Gasteiger partial charge >= 0.3 is 0 Å². The first-order valence-corrected chi connectivity index (χ1v) is 8.74. The third-order valence-corrected chi connectivity index (χ3v) is 4.27. The SMILES string of the molecule is COc1cc(C)c(CN(C)CC(=O)NCCc2ccccc2)cc1OC. The molecule has 1 N–H and O–H groups in total. The van der Waals surface area contributed by atoms with Crippen LogP contribution in [0.3, 0.4) is 0 Å². The zero-order chi connectivity index (χ0) is 18.9. The van der Waals surface area contributed by atoms with Crippen molar-refractivity contribution in [3.05, 3.63) is 59.2 Å². The molecule has 0 bridgehead atoms. The molecule has 0 unspecified atom stereocenters. The number of rotatable bonds is 9. The van der Waals surface area contributed by atoms with Crippen molar-refractivity contribution in [1.82, 2.24) is 10.2 Å². The second kappa shape index (κ2) is 9.82. The highest BCUT2D eigenvalue weighted by molar-refractivity contribution is 5.78. The minimum absolute atomic E-state index is 0.0292. The Bertz CT molecular complexity index is 717. The number of carbonyl (C=O) groups excluding carboxylic acids is 1. The number of nitrogens with zero attached hydrogens (tertiary/aromatic N) is 1. The van der Waals surface area contributed by atoms with Gasteiger partial charge in [0, 0.05) is 13.1 Å². The van der Waals surface area contributed by atoms with Gasteiger partial charge in [-0.05, 0) is 49.2 Å². The van der Waals surface area contributed by atoms with Gasteiger partial charge in [0.25, 0.3) is 0 Å². The van der Waals surface area contributed by atoms with Crippen LogP contribution in [0.4, 0.5) is 0 Å². The van der Waals surface area contributed by atoms with E-state index in [1.54, 1.807) is 14.2 Å². The summed E-state index contributed by atoms with van der Waals surface area (Å²) in [4.78, 5) is 14.1. The maximum Gasteiger partial charge on any atom is 0.234 e. The molecule has 0 aliphatic heterocycles. The van der Waals surface area contributed by atoms with Gasteiger partial charge in [0.1, 0.15) is 0 Å². The summed E-state index contributed by atoms with van der Waals surface area (Å²) in [6.07, 6.45) is 0.838. The van der Waals surface area contributed by atoms with Crippen LogP contribution < -0.4 is 14.8 Å². The van der Waals surface area contributed by atoms with Crippen molar-refractivity contribution in [2.24, 2.45) is 0 Å². The molecule has 5 heteroatoms. The molecular formula is C21H28N2O3. The molecule has 2 aromatic rings. The van der Waals surface area contributed by atoms with Crippen LogP contribution in [-0.4, -0.2) is 45.2 Å². The maximum absolute atomic E-state index is 12.1. The third kappa shape index (κ3) is 5.77. The molecule has 0 fully saturated rings. The highest BCUT2D eigenvalue weighted by Crippen LogP contribution is 2.30. The zero-order valence-electron chi connectivity index (χ0n) is 16.0. The third-order valence-electron chi connectivity index (χ3n) is 4.27. The molecule has 5 nitrogen and oxygen atoms in total. The molecule has 0 saturated heterocycles. The number of nitrogens with one attached hydrogen (secondary N) is 1. The molecular weight excluding hydrogens is 328 g/mol. The molecule has 0 saturated carbocycles. The van der Waals surface area contributed by atoms with Crippen LogP contribution in [0.2, 0.25) is 0 Å². The Morgan fingerprint density at radius 2 is 1.73 bits per heavy atom. The van der Waals surface area contributed by atoms with Gasteiger partial charge in [-0.2, -0.15) is 0 Å². The number of ether oxygens (including phenoxy) is 2. The fraction of sp³-hybridized carbons (Fsp3) is 0.381. The molecule has 0 aromatic heterocycles. The Balaban J connectivity index is 1.84. The summed E-state index contributed by atoms with van der Waals surface area (Å²) in [7, 11) is 5.19. The van der Waals surface area contributed by atoms with Crippen molar-refractivity contribution < 1.29 is 14.3 Å². The minimum Gasteiger partial charge on any atom is -0.493 e. The van der Waals surface area contributed by atoms with E-state index in [1.165, 1.54) is 5.56 Å². The number of benzene rings is 2. The maximum atomic E-state index is 12.1. The standard InChI is InChI=1S/C21H28N2O3/c1-16-12-19(25-3)20(26-4)13-18(16)14-23(2)15-21(24)22-11-10-17-8-6-5-7-9-17/h5-9,12-13H,10-11,14-15H2,1-4H3,(H,22,24). The van der Waals surface area contributed by atoms with Crippen molar-refractivity contribution in [2.45, 2.75) is 19.9 Å². The van der Waals surface area contributed by atoms with Crippen LogP contribution in [0.25, 0.3) is 0 Å². The Morgan fingerprint density at radius 3 is 2.38 bits per heavy atom. The number of hydrogen-bond acceptors (Lipinski definition) is 4. The van der Waals surface area contributed by atoms with Crippen molar-refractivity contribution in [2.75, 3.05) is 34.4 Å². The lowest BCUT2D eigenvalue weighted by molar-refractivity contribution is -0.122. The predicted octanol–water partition coefficient (Wildman–Crippen LogP) is 2.80. The summed E-state index contributed by atoms with van der Waals surface area (Å²) in [5, 5.41) is 2.98. The monoisotopic (exact) mass is 356 g/mol. The van der Waals surface area contributed by atoms with Gasteiger partial charge < -0.3 is 14.8 Å². The van der Waals surface area contributed by atoms with E-state index in [1.807, 2.05) is 49.2 Å². The first-order valence-electron chi connectivity index (χ1n) is 8.74. The molecule has 1 amide bonds. The average Bonchev–Trinajstić information content (AvgIpc) is 2.63. The topological polar surface area (TPSA) is 50.8 Å². The average molecular weight is 356 g/mol. The highest BCUT2D eigenvalue weighted by Gasteiger charge is 2.12. The van der Waals surface area contributed by atoms with E-state index in [0.717, 1.165) is 23.3 Å². The Morgan fingerprint density at radius 1 is 1.08 bits per heavy atom. The first-order chi connectivity index (χ1) is 12.5. The van der Waals surface area contributed by atoms with Gasteiger partial charge in [-0.1, -0.05) is 30.3 Å². The summed E-state index contributed by atoms with van der Waals surface area (Å²) in [5.74, 6) is 1.45. The molecule has 26 heavy (non-hydrogen) atoms. The summed E-state index contributed by atoms with van der Waals surface area (Å²) >= 11 is 0. The zero-order valence-corrected chi connectivity index (χ0v) is 16.0. The molecule has 0 radical (unpaired) electrons. The smallest absolute Gasteiger partial charge is 0.234 e. The van der Waals surface area contributed by atoms with Gasteiger partial charge in [-0.15, -0.1) is 0 Å². The summed E-state index contributed by atoms with van der Waals surface area (Å²) < 4.78 is 10.7. The van der Waals surface area contributed by atoms with Crippen LogP contribution >= 0.6 is 0 Å². The lowest BCUT2D eigenvalue weighted by atomic mass is 10.1. The summed E-state index contributed by atoms with van der Waals surface area (Å²) in [5.41, 5.74) is 3.45. The quantitative estimate of drug-likeness (QED) is 0.751. The van der Waals surface area contributed by atoms with Gasteiger partial charge in [0.2, 0.25) is 5.91 Å². The molecule has 0 aliphatic rings. The van der Waals surface area contributed by atoms with E-state index in [9.17, 15) is 4.79 Å². The Labute approximate surface area is 155 Å². The van der Waals surface area contributed by atoms with E-state index in [4.69, 9.17) is 9.47 Å². The van der Waals surface area contributed by atoms with Crippen LogP contribution in [0.5, 0.6) is 11.5 Å². The van der Waals surface area contributed by atoms with E-state index in [0.29, 0.717) is 25.4 Å². The van der Waals surface area contributed by atoms with Crippen LogP contribution in [-0.2, 0) is 17.8 Å². The molecule has 0 heterocycles. The van der Waals surface area contributed by atoms with Gasteiger partial charge in [-0.25, -0.2) is 0 Å². The second-order valence-corrected chi connectivity index (χ2v) is 6.39. The fourth-order valence-electron chi connectivity index (χ4n) is 2.83. The second-order valence-electron chi connectivity index (χ2n) is 6.39. The number of hydrogen-bond donors (Lipinski definition) is 1. The number of amides is 1. The van der Waals surface area contributed by atoms with Crippen LogP contribution in [0, 0.1) is 6.92 Å². The Kier molecular flexibility index (Phi) is 7.48. The molecule has 0 aliphatic carbocycles. The van der Waals surface area contributed by atoms with E-state index in [-0.39, 0.29) is 5.91 Å². The molecule has 140 valence electrons. The molecule has 0 spiro atoms. The highest BCUT2D eigenvalue weighted by atomic mass is 16.5. The van der Waals surface area contributed by atoms with Gasteiger partial charge in [0.15, 0.2) is 11.5 Å². The molecule has 2 aromatic carbocycles. The number of carbonyl (C=O) groups is 1. The van der Waals surface area contributed by atoms with Gasteiger partial charge in [0.05, 0.1) is 20.8 Å². The number of aryl methyl sites for hydroxylation is 1. The predicted molar refractivity (Wildman–Crippen MR) is 104 cm³/mol. The first kappa shape index (κ1) is 19.8. The lowest BCUT2D eigenvalue weighted by Gasteiger charge is -2.19. The number of methoxy groups -OCH3 is 2. The van der Waals surface area contributed by atoms with E-state index < -0.39 is 0 Å². The Hall–Kier alpha value is -2.53. The normalized spacial score (nSPS) is 10.7. The van der Waals surface area contributed by atoms with Gasteiger partial charge in [-0.3, -0.25) is 9.69 Å². The van der Waals surface area contributed by atoms with Crippen molar-refractivity contribution >= 4 is 5.91 Å². The summed E-state index contributed by atoms with van der Waals surface area (Å²) in [6.45, 7) is 3.69. The molecule has 2 rings (SSSR count). The van der Waals surface area contributed by atoms with Crippen LogP contribution in [0.15, 0.2) is 42.5 Å². The van der Waals surface area contributed by atoms with E-state index >= 15 is 0 Å².